The topological polar surface area (TPSA) is 63.3 Å². The van der Waals surface area contributed by atoms with E-state index in [1.54, 1.807) is 0 Å². The fourth-order valence-electron chi connectivity index (χ4n) is 1.04. The Morgan fingerprint density at radius 2 is 2.07 bits per heavy atom. The molecule has 0 fully saturated rings. The Balaban J connectivity index is 2.95. The first-order chi connectivity index (χ1) is 6.91. The summed E-state index contributed by atoms with van der Waals surface area (Å²) in [5.41, 5.74) is 5.62. The van der Waals surface area contributed by atoms with Crippen LogP contribution in [0, 0.1) is 5.82 Å². The summed E-state index contributed by atoms with van der Waals surface area (Å²) in [6, 6.07) is 1.21. The lowest BCUT2D eigenvalue weighted by Crippen LogP contribution is -2.32. The minimum Gasteiger partial charge on any atom is -0.480 e. The maximum Gasteiger partial charge on any atom is 0.320 e. The van der Waals surface area contributed by atoms with E-state index in [4.69, 9.17) is 34.0 Å². The molecule has 6 heteroatoms. The van der Waals surface area contributed by atoms with E-state index < -0.39 is 17.8 Å². The molecule has 0 aliphatic heterocycles. The number of hydrogen-bond acceptors (Lipinski definition) is 2. The zero-order chi connectivity index (χ0) is 11.6. The molecule has 0 saturated carbocycles. The lowest BCUT2D eigenvalue weighted by molar-refractivity contribution is -0.138. The van der Waals surface area contributed by atoms with E-state index in [-0.39, 0.29) is 16.5 Å². The fraction of sp³-hybridized carbons (Fsp3) is 0.222. The molecule has 0 spiro atoms. The highest BCUT2D eigenvalue weighted by Gasteiger charge is 2.15. The van der Waals surface area contributed by atoms with Crippen LogP contribution in [0.4, 0.5) is 4.39 Å². The molecule has 1 rings (SSSR count). The highest BCUT2D eigenvalue weighted by Crippen LogP contribution is 2.25. The zero-order valence-corrected chi connectivity index (χ0v) is 9.02. The number of hydrogen-bond donors (Lipinski definition) is 2. The van der Waals surface area contributed by atoms with E-state index in [9.17, 15) is 9.18 Å². The smallest absolute Gasteiger partial charge is 0.320 e. The molecule has 0 heterocycles. The van der Waals surface area contributed by atoms with Crippen LogP contribution >= 0.6 is 23.2 Å². The molecule has 0 saturated heterocycles. The van der Waals surface area contributed by atoms with Crippen LogP contribution in [0.5, 0.6) is 0 Å². The van der Waals surface area contributed by atoms with Gasteiger partial charge in [-0.1, -0.05) is 23.2 Å². The summed E-state index contributed by atoms with van der Waals surface area (Å²) in [6.07, 6.45) is -0.0394. The second-order valence-corrected chi connectivity index (χ2v) is 3.82. The third kappa shape index (κ3) is 3.06. The van der Waals surface area contributed by atoms with Gasteiger partial charge in [0.05, 0.1) is 5.02 Å². The molecule has 1 aromatic rings. The second-order valence-electron chi connectivity index (χ2n) is 3.01. The number of carboxylic acids is 1. The molecule has 0 unspecified atom stereocenters. The SMILES string of the molecule is N[C@H](Cc1cc(F)c(Cl)cc1Cl)C(=O)O. The van der Waals surface area contributed by atoms with Gasteiger partial charge in [-0.05, 0) is 24.1 Å². The molecular weight excluding hydrogens is 244 g/mol. The van der Waals surface area contributed by atoms with E-state index in [0.717, 1.165) is 6.07 Å². The third-order valence-corrected chi connectivity index (χ3v) is 2.49. The molecule has 3 N–H and O–H groups in total. The maximum atomic E-state index is 13.0. The van der Waals surface area contributed by atoms with Crippen molar-refractivity contribution >= 4 is 29.2 Å². The molecule has 1 atom stereocenters. The van der Waals surface area contributed by atoms with Gasteiger partial charge in [0.15, 0.2) is 0 Å². The summed E-state index contributed by atoms with van der Waals surface area (Å²) < 4.78 is 13.0. The van der Waals surface area contributed by atoms with Crippen LogP contribution in [0.15, 0.2) is 12.1 Å². The predicted octanol–water partition coefficient (Wildman–Crippen LogP) is 2.09. The minimum atomic E-state index is -1.17. The van der Waals surface area contributed by atoms with E-state index in [0.29, 0.717) is 5.56 Å². The Labute approximate surface area is 95.6 Å². The average molecular weight is 252 g/mol. The van der Waals surface area contributed by atoms with Crippen LogP contribution in [-0.2, 0) is 11.2 Å². The summed E-state index contributed by atoms with van der Waals surface area (Å²) in [7, 11) is 0. The van der Waals surface area contributed by atoms with Gasteiger partial charge in [0.2, 0.25) is 0 Å². The molecule has 3 nitrogen and oxygen atoms in total. The average Bonchev–Trinajstić information content (AvgIpc) is 2.13. The standard InChI is InChI=1S/C9H8Cl2FNO2/c10-5-3-6(11)7(12)1-4(5)2-8(13)9(14)15/h1,3,8H,2,13H2,(H,14,15)/t8-/m1/s1. The summed E-state index contributed by atoms with van der Waals surface area (Å²) in [6.45, 7) is 0. The first-order valence-electron chi connectivity index (χ1n) is 4.03. The molecule has 0 aliphatic carbocycles. The first kappa shape index (κ1) is 12.2. The van der Waals surface area contributed by atoms with Crippen molar-refractivity contribution < 1.29 is 14.3 Å². The molecule has 15 heavy (non-hydrogen) atoms. The van der Waals surface area contributed by atoms with Crippen molar-refractivity contribution in [2.24, 2.45) is 5.73 Å². The van der Waals surface area contributed by atoms with Gasteiger partial charge in [-0.2, -0.15) is 0 Å². The zero-order valence-electron chi connectivity index (χ0n) is 7.51. The number of halogens is 3. The fourth-order valence-corrected chi connectivity index (χ4v) is 1.50. The number of rotatable bonds is 3. The van der Waals surface area contributed by atoms with Crippen LogP contribution in [-0.4, -0.2) is 17.1 Å². The van der Waals surface area contributed by atoms with E-state index in [1.807, 2.05) is 0 Å². The monoisotopic (exact) mass is 251 g/mol. The van der Waals surface area contributed by atoms with Gasteiger partial charge < -0.3 is 10.8 Å². The van der Waals surface area contributed by atoms with Crippen molar-refractivity contribution in [3.05, 3.63) is 33.6 Å². The Kier molecular flexibility index (Phi) is 3.90. The van der Waals surface area contributed by atoms with Gasteiger partial charge in [-0.3, -0.25) is 4.79 Å². The highest BCUT2D eigenvalue weighted by atomic mass is 35.5. The van der Waals surface area contributed by atoms with Gasteiger partial charge in [-0.15, -0.1) is 0 Å². The molecular formula is C9H8Cl2FNO2. The Hall–Kier alpha value is -0.840. The van der Waals surface area contributed by atoms with Gasteiger partial charge >= 0.3 is 5.97 Å². The van der Waals surface area contributed by atoms with Crippen molar-refractivity contribution in [1.29, 1.82) is 0 Å². The summed E-state index contributed by atoms with van der Waals surface area (Å²) in [4.78, 5) is 10.5. The Bertz CT molecular complexity index is 398. The quantitative estimate of drug-likeness (QED) is 0.809. The van der Waals surface area contributed by atoms with Crippen LogP contribution in [0.3, 0.4) is 0 Å². The van der Waals surface area contributed by atoms with Crippen LogP contribution in [0.1, 0.15) is 5.56 Å². The summed E-state index contributed by atoms with van der Waals surface area (Å²) in [5, 5.41) is 8.67. The minimum absolute atomic E-state index is 0.0394. The largest absolute Gasteiger partial charge is 0.480 e. The van der Waals surface area contributed by atoms with Crippen LogP contribution in [0.2, 0.25) is 10.0 Å². The molecule has 0 bridgehead atoms. The third-order valence-electron chi connectivity index (χ3n) is 1.85. The normalized spacial score (nSPS) is 12.5. The molecule has 0 aliphatic rings. The number of nitrogens with two attached hydrogens (primary N) is 1. The van der Waals surface area contributed by atoms with Gasteiger partial charge in [0, 0.05) is 5.02 Å². The molecule has 1 aromatic carbocycles. The van der Waals surface area contributed by atoms with Crippen LogP contribution < -0.4 is 5.73 Å². The van der Waals surface area contributed by atoms with Gasteiger partial charge in [-0.25, -0.2) is 4.39 Å². The lowest BCUT2D eigenvalue weighted by Gasteiger charge is -2.08. The van der Waals surface area contributed by atoms with Crippen molar-refractivity contribution in [3.63, 3.8) is 0 Å². The van der Waals surface area contributed by atoms with Crippen molar-refractivity contribution in [1.82, 2.24) is 0 Å². The number of carboxylic acid groups (broad SMARTS) is 1. The Morgan fingerprint density at radius 3 is 2.60 bits per heavy atom. The van der Waals surface area contributed by atoms with E-state index in [1.165, 1.54) is 6.07 Å². The number of aliphatic carboxylic acids is 1. The number of benzene rings is 1. The summed E-state index contributed by atoms with van der Waals surface area (Å²) in [5.74, 6) is -1.81. The lowest BCUT2D eigenvalue weighted by atomic mass is 10.1. The molecule has 0 amide bonds. The molecule has 0 aromatic heterocycles. The maximum absolute atomic E-state index is 13.0. The van der Waals surface area contributed by atoms with Crippen molar-refractivity contribution in [2.75, 3.05) is 0 Å². The van der Waals surface area contributed by atoms with Gasteiger partial charge in [0.25, 0.3) is 0 Å². The summed E-state index contributed by atoms with van der Waals surface area (Å²) >= 11 is 11.2. The van der Waals surface area contributed by atoms with E-state index in [2.05, 4.69) is 0 Å². The Morgan fingerprint density at radius 1 is 1.47 bits per heavy atom. The highest BCUT2D eigenvalue weighted by molar-refractivity contribution is 6.35. The molecule has 0 radical (unpaired) electrons. The number of carbonyl (C=O) groups is 1. The predicted molar refractivity (Wildman–Crippen MR) is 55.7 cm³/mol. The van der Waals surface area contributed by atoms with E-state index >= 15 is 0 Å². The molecule has 82 valence electrons. The van der Waals surface area contributed by atoms with Crippen molar-refractivity contribution in [3.8, 4) is 0 Å². The van der Waals surface area contributed by atoms with Crippen molar-refractivity contribution in [2.45, 2.75) is 12.5 Å². The van der Waals surface area contributed by atoms with Crippen LogP contribution in [0.25, 0.3) is 0 Å². The second kappa shape index (κ2) is 4.79. The first-order valence-corrected chi connectivity index (χ1v) is 4.79. The van der Waals surface area contributed by atoms with Gasteiger partial charge in [0.1, 0.15) is 11.9 Å².